The summed E-state index contributed by atoms with van der Waals surface area (Å²) >= 11 is 0. The van der Waals surface area contributed by atoms with Crippen LogP contribution >= 0.6 is 0 Å². The highest BCUT2D eigenvalue weighted by atomic mass is 15.3. The zero-order chi connectivity index (χ0) is 10.8. The standard InChI is InChI=1S/C10H19N5/c1-8-4-15(5-9(2)12-8)6-10-13-11-7-14(10)3/h7-9,12H,4-6H2,1-3H3. The molecule has 0 amide bonds. The van der Waals surface area contributed by atoms with Gasteiger partial charge in [-0.25, -0.2) is 0 Å². The van der Waals surface area contributed by atoms with E-state index in [2.05, 4.69) is 34.3 Å². The molecular formula is C10H19N5. The number of hydrogen-bond donors (Lipinski definition) is 1. The molecule has 0 saturated carbocycles. The summed E-state index contributed by atoms with van der Waals surface area (Å²) in [5.74, 6) is 1.04. The maximum absolute atomic E-state index is 4.11. The van der Waals surface area contributed by atoms with Crippen LogP contribution in [-0.2, 0) is 13.6 Å². The molecule has 5 nitrogen and oxygen atoms in total. The smallest absolute Gasteiger partial charge is 0.146 e. The molecule has 2 rings (SSSR count). The first-order chi connectivity index (χ1) is 7.15. The van der Waals surface area contributed by atoms with Gasteiger partial charge in [-0.3, -0.25) is 4.90 Å². The van der Waals surface area contributed by atoms with Crippen molar-refractivity contribution >= 4 is 0 Å². The zero-order valence-corrected chi connectivity index (χ0v) is 9.64. The summed E-state index contributed by atoms with van der Waals surface area (Å²) in [6, 6.07) is 1.11. The van der Waals surface area contributed by atoms with Gasteiger partial charge in [0, 0.05) is 32.2 Å². The van der Waals surface area contributed by atoms with Crippen LogP contribution in [0.1, 0.15) is 19.7 Å². The predicted octanol–water partition coefficient (Wildman–Crippen LogP) is -0.00270. The third kappa shape index (κ3) is 2.54. The third-order valence-electron chi connectivity index (χ3n) is 2.80. The maximum Gasteiger partial charge on any atom is 0.146 e. The number of hydrogen-bond acceptors (Lipinski definition) is 4. The summed E-state index contributed by atoms with van der Waals surface area (Å²) in [5.41, 5.74) is 0. The molecule has 15 heavy (non-hydrogen) atoms. The van der Waals surface area contributed by atoms with E-state index in [-0.39, 0.29) is 0 Å². The van der Waals surface area contributed by atoms with Crippen molar-refractivity contribution < 1.29 is 0 Å². The van der Waals surface area contributed by atoms with Gasteiger partial charge in [0.05, 0.1) is 6.54 Å². The molecule has 0 aliphatic carbocycles. The van der Waals surface area contributed by atoms with E-state index in [4.69, 9.17) is 0 Å². The van der Waals surface area contributed by atoms with E-state index in [0.29, 0.717) is 12.1 Å². The molecule has 1 fully saturated rings. The van der Waals surface area contributed by atoms with Gasteiger partial charge in [0.2, 0.25) is 0 Å². The van der Waals surface area contributed by atoms with Gasteiger partial charge in [-0.2, -0.15) is 0 Å². The Kier molecular flexibility index (Phi) is 3.02. The molecule has 5 heteroatoms. The van der Waals surface area contributed by atoms with Crippen LogP contribution in [0.25, 0.3) is 0 Å². The van der Waals surface area contributed by atoms with Gasteiger partial charge in [-0.15, -0.1) is 10.2 Å². The summed E-state index contributed by atoms with van der Waals surface area (Å²) < 4.78 is 1.98. The lowest BCUT2D eigenvalue weighted by Gasteiger charge is -2.35. The normalized spacial score (nSPS) is 28.2. The van der Waals surface area contributed by atoms with Crippen LogP contribution in [0.2, 0.25) is 0 Å². The van der Waals surface area contributed by atoms with Gasteiger partial charge in [0.1, 0.15) is 12.2 Å². The molecule has 0 spiro atoms. The lowest BCUT2D eigenvalue weighted by molar-refractivity contribution is 0.162. The molecule has 0 bridgehead atoms. The van der Waals surface area contributed by atoms with Crippen molar-refractivity contribution in [3.05, 3.63) is 12.2 Å². The van der Waals surface area contributed by atoms with Crippen molar-refractivity contribution in [3.8, 4) is 0 Å². The number of aryl methyl sites for hydroxylation is 1. The summed E-state index contributed by atoms with van der Waals surface area (Å²) in [7, 11) is 1.99. The van der Waals surface area contributed by atoms with E-state index in [1.54, 1.807) is 6.33 Å². The van der Waals surface area contributed by atoms with E-state index in [0.717, 1.165) is 25.5 Å². The Labute approximate surface area is 90.5 Å². The van der Waals surface area contributed by atoms with Crippen LogP contribution in [0, 0.1) is 0 Å². The molecule has 2 unspecified atom stereocenters. The van der Waals surface area contributed by atoms with Crippen LogP contribution < -0.4 is 5.32 Å². The van der Waals surface area contributed by atoms with Crippen LogP contribution in [0.15, 0.2) is 6.33 Å². The zero-order valence-electron chi connectivity index (χ0n) is 9.64. The Hall–Kier alpha value is -0.940. The van der Waals surface area contributed by atoms with Crippen LogP contribution in [-0.4, -0.2) is 44.8 Å². The summed E-state index contributed by atoms with van der Waals surface area (Å²) in [6.07, 6.45) is 1.75. The third-order valence-corrected chi connectivity index (χ3v) is 2.80. The molecule has 0 radical (unpaired) electrons. The molecule has 0 aromatic carbocycles. The fourth-order valence-electron chi connectivity index (χ4n) is 2.22. The van der Waals surface area contributed by atoms with Crippen molar-refractivity contribution in [2.75, 3.05) is 13.1 Å². The van der Waals surface area contributed by atoms with E-state index < -0.39 is 0 Å². The lowest BCUT2D eigenvalue weighted by atomic mass is 10.1. The molecule has 1 aromatic rings. The fourth-order valence-corrected chi connectivity index (χ4v) is 2.22. The second kappa shape index (κ2) is 4.28. The van der Waals surface area contributed by atoms with Gasteiger partial charge in [0.15, 0.2) is 0 Å². The molecule has 84 valence electrons. The Bertz CT molecular complexity index is 311. The average Bonchev–Trinajstić information content (AvgIpc) is 2.50. The highest BCUT2D eigenvalue weighted by Crippen LogP contribution is 2.07. The molecule has 1 N–H and O–H groups in total. The largest absolute Gasteiger partial charge is 0.320 e. The Balaban J connectivity index is 1.97. The van der Waals surface area contributed by atoms with Gasteiger partial charge >= 0.3 is 0 Å². The predicted molar refractivity (Wildman–Crippen MR) is 58.3 cm³/mol. The van der Waals surface area contributed by atoms with Gasteiger partial charge in [-0.05, 0) is 13.8 Å². The SMILES string of the molecule is CC1CN(Cc2nncn2C)CC(C)N1. The summed E-state index contributed by atoms with van der Waals surface area (Å²) in [6.45, 7) is 7.50. The van der Waals surface area contributed by atoms with Crippen molar-refractivity contribution in [2.45, 2.75) is 32.5 Å². The van der Waals surface area contributed by atoms with Crippen molar-refractivity contribution in [1.82, 2.24) is 25.0 Å². The van der Waals surface area contributed by atoms with E-state index in [9.17, 15) is 0 Å². The van der Waals surface area contributed by atoms with E-state index in [1.807, 2.05) is 11.6 Å². The van der Waals surface area contributed by atoms with Gasteiger partial charge in [-0.1, -0.05) is 0 Å². The quantitative estimate of drug-likeness (QED) is 0.744. The topological polar surface area (TPSA) is 46.0 Å². The van der Waals surface area contributed by atoms with E-state index >= 15 is 0 Å². The van der Waals surface area contributed by atoms with Crippen molar-refractivity contribution in [2.24, 2.45) is 7.05 Å². The lowest BCUT2D eigenvalue weighted by Crippen LogP contribution is -2.53. The number of piperazine rings is 1. The minimum absolute atomic E-state index is 0.557. The van der Waals surface area contributed by atoms with Crippen molar-refractivity contribution in [3.63, 3.8) is 0 Å². The number of nitrogens with one attached hydrogen (secondary N) is 1. The molecule has 2 heterocycles. The van der Waals surface area contributed by atoms with Gasteiger partial charge in [0.25, 0.3) is 0 Å². The molecule has 1 aliphatic heterocycles. The second-order valence-corrected chi connectivity index (χ2v) is 4.52. The highest BCUT2D eigenvalue weighted by molar-refractivity contribution is 4.88. The molecular weight excluding hydrogens is 190 g/mol. The molecule has 1 aliphatic rings. The first-order valence-electron chi connectivity index (χ1n) is 5.46. The van der Waals surface area contributed by atoms with E-state index in [1.165, 1.54) is 0 Å². The number of rotatable bonds is 2. The fraction of sp³-hybridized carbons (Fsp3) is 0.800. The monoisotopic (exact) mass is 209 g/mol. The first kappa shape index (κ1) is 10.6. The molecule has 2 atom stereocenters. The van der Waals surface area contributed by atoms with Crippen molar-refractivity contribution in [1.29, 1.82) is 0 Å². The maximum atomic E-state index is 4.11. The second-order valence-electron chi connectivity index (χ2n) is 4.52. The summed E-state index contributed by atoms with van der Waals surface area (Å²) in [4.78, 5) is 2.43. The Morgan fingerprint density at radius 3 is 2.60 bits per heavy atom. The average molecular weight is 209 g/mol. The minimum Gasteiger partial charge on any atom is -0.320 e. The van der Waals surface area contributed by atoms with Crippen LogP contribution in [0.4, 0.5) is 0 Å². The Morgan fingerprint density at radius 1 is 1.40 bits per heavy atom. The van der Waals surface area contributed by atoms with Crippen LogP contribution in [0.3, 0.4) is 0 Å². The van der Waals surface area contributed by atoms with Gasteiger partial charge < -0.3 is 9.88 Å². The van der Waals surface area contributed by atoms with Crippen LogP contribution in [0.5, 0.6) is 0 Å². The Morgan fingerprint density at radius 2 is 2.07 bits per heavy atom. The first-order valence-corrected chi connectivity index (χ1v) is 5.46. The number of nitrogens with zero attached hydrogens (tertiary/aromatic N) is 4. The minimum atomic E-state index is 0.557. The molecule has 1 aromatic heterocycles. The highest BCUT2D eigenvalue weighted by Gasteiger charge is 2.21. The number of aromatic nitrogens is 3. The summed E-state index contributed by atoms with van der Waals surface area (Å²) in [5, 5.41) is 11.5. The molecule has 1 saturated heterocycles.